The number of hydrogen-bond acceptors (Lipinski definition) is 3. The molecule has 0 atom stereocenters. The molecule has 0 unspecified atom stereocenters. The SMILES string of the molecule is CC(C)N(CC(C)(C)C)C(=O)c1ccc(-n2ccnc2)nc1. The summed E-state index contributed by atoms with van der Waals surface area (Å²) in [7, 11) is 0. The molecule has 0 radical (unpaired) electrons. The van der Waals surface area contributed by atoms with Crippen LogP contribution >= 0.6 is 0 Å². The molecule has 0 bridgehead atoms. The van der Waals surface area contributed by atoms with Gasteiger partial charge in [-0.15, -0.1) is 0 Å². The molecule has 0 saturated carbocycles. The molecule has 2 rings (SSSR count). The topological polar surface area (TPSA) is 51.0 Å². The van der Waals surface area contributed by atoms with Gasteiger partial charge in [0.05, 0.1) is 5.56 Å². The minimum Gasteiger partial charge on any atom is -0.336 e. The first-order valence-electron chi connectivity index (χ1n) is 7.53. The Bertz CT molecular complexity index is 609. The molecular formula is C17H24N4O. The van der Waals surface area contributed by atoms with Crippen LogP contribution in [0.3, 0.4) is 0 Å². The lowest BCUT2D eigenvalue weighted by molar-refractivity contribution is 0.0632. The van der Waals surface area contributed by atoms with Crippen molar-refractivity contribution in [2.24, 2.45) is 5.41 Å². The van der Waals surface area contributed by atoms with E-state index in [1.807, 2.05) is 41.6 Å². The zero-order valence-corrected chi connectivity index (χ0v) is 13.9. The van der Waals surface area contributed by atoms with Gasteiger partial charge in [0.1, 0.15) is 12.1 Å². The molecule has 22 heavy (non-hydrogen) atoms. The minimum absolute atomic E-state index is 0.0228. The van der Waals surface area contributed by atoms with E-state index in [9.17, 15) is 4.79 Å². The molecule has 0 saturated heterocycles. The number of imidazole rings is 1. The second-order valence-corrected chi connectivity index (χ2v) is 6.96. The molecule has 2 aromatic heterocycles. The van der Waals surface area contributed by atoms with Crippen molar-refractivity contribution in [2.45, 2.75) is 40.7 Å². The molecule has 0 spiro atoms. The fraction of sp³-hybridized carbons (Fsp3) is 0.471. The van der Waals surface area contributed by atoms with E-state index in [1.165, 1.54) is 0 Å². The number of aromatic nitrogens is 3. The molecule has 5 heteroatoms. The van der Waals surface area contributed by atoms with E-state index in [-0.39, 0.29) is 17.4 Å². The summed E-state index contributed by atoms with van der Waals surface area (Å²) < 4.78 is 1.81. The Hall–Kier alpha value is -2.17. The highest BCUT2D eigenvalue weighted by Gasteiger charge is 2.24. The third kappa shape index (κ3) is 3.93. The summed E-state index contributed by atoms with van der Waals surface area (Å²) in [5.74, 6) is 0.774. The van der Waals surface area contributed by atoms with Crippen molar-refractivity contribution in [1.82, 2.24) is 19.4 Å². The fourth-order valence-electron chi connectivity index (χ4n) is 2.23. The quantitative estimate of drug-likeness (QED) is 0.871. The number of amides is 1. The summed E-state index contributed by atoms with van der Waals surface area (Å²) >= 11 is 0. The molecule has 2 heterocycles. The van der Waals surface area contributed by atoms with Crippen LogP contribution in [-0.4, -0.2) is 37.9 Å². The monoisotopic (exact) mass is 300 g/mol. The van der Waals surface area contributed by atoms with Crippen LogP contribution in [-0.2, 0) is 0 Å². The van der Waals surface area contributed by atoms with Crippen LogP contribution in [0.15, 0.2) is 37.1 Å². The van der Waals surface area contributed by atoms with Crippen molar-refractivity contribution < 1.29 is 4.79 Å². The summed E-state index contributed by atoms with van der Waals surface area (Å²) in [6.07, 6.45) is 6.84. The van der Waals surface area contributed by atoms with Crippen LogP contribution in [0.5, 0.6) is 0 Å². The lowest BCUT2D eigenvalue weighted by atomic mass is 9.95. The van der Waals surface area contributed by atoms with E-state index in [2.05, 4.69) is 30.7 Å². The molecule has 0 aromatic carbocycles. The van der Waals surface area contributed by atoms with Gasteiger partial charge in [0.15, 0.2) is 0 Å². The van der Waals surface area contributed by atoms with Gasteiger partial charge in [0.25, 0.3) is 5.91 Å². The van der Waals surface area contributed by atoms with E-state index < -0.39 is 0 Å². The van der Waals surface area contributed by atoms with Gasteiger partial charge in [0.2, 0.25) is 0 Å². The number of nitrogens with zero attached hydrogens (tertiary/aromatic N) is 4. The molecule has 0 fully saturated rings. The van der Waals surface area contributed by atoms with Crippen LogP contribution in [0.25, 0.3) is 5.82 Å². The Morgan fingerprint density at radius 2 is 2.05 bits per heavy atom. The Balaban J connectivity index is 2.20. The van der Waals surface area contributed by atoms with E-state index in [0.29, 0.717) is 12.1 Å². The number of hydrogen-bond donors (Lipinski definition) is 0. The van der Waals surface area contributed by atoms with Crippen molar-refractivity contribution in [3.05, 3.63) is 42.6 Å². The number of pyridine rings is 1. The summed E-state index contributed by atoms with van der Waals surface area (Å²) in [5, 5.41) is 0. The van der Waals surface area contributed by atoms with Crippen molar-refractivity contribution in [1.29, 1.82) is 0 Å². The number of carbonyl (C=O) groups excluding carboxylic acids is 1. The molecular weight excluding hydrogens is 276 g/mol. The van der Waals surface area contributed by atoms with Crippen molar-refractivity contribution >= 4 is 5.91 Å². The lowest BCUT2D eigenvalue weighted by Gasteiger charge is -2.33. The summed E-state index contributed by atoms with van der Waals surface area (Å²) in [5.41, 5.74) is 0.672. The van der Waals surface area contributed by atoms with Crippen LogP contribution in [0, 0.1) is 5.41 Å². The van der Waals surface area contributed by atoms with E-state index in [4.69, 9.17) is 0 Å². The summed E-state index contributed by atoms with van der Waals surface area (Å²) in [4.78, 5) is 23.0. The third-order valence-corrected chi connectivity index (χ3v) is 3.29. The molecule has 118 valence electrons. The largest absolute Gasteiger partial charge is 0.336 e. The minimum atomic E-state index is 0.0228. The number of carbonyl (C=O) groups is 1. The van der Waals surface area contributed by atoms with Crippen molar-refractivity contribution in [2.75, 3.05) is 6.54 Å². The zero-order valence-electron chi connectivity index (χ0n) is 13.9. The molecule has 0 aliphatic carbocycles. The maximum atomic E-state index is 12.7. The highest BCUT2D eigenvalue weighted by atomic mass is 16.2. The lowest BCUT2D eigenvalue weighted by Crippen LogP contribution is -2.42. The van der Waals surface area contributed by atoms with Crippen LogP contribution in [0.4, 0.5) is 0 Å². The first kappa shape index (κ1) is 16.2. The van der Waals surface area contributed by atoms with Crippen LogP contribution in [0.2, 0.25) is 0 Å². The van der Waals surface area contributed by atoms with E-state index >= 15 is 0 Å². The maximum Gasteiger partial charge on any atom is 0.255 e. The predicted octanol–water partition coefficient (Wildman–Crippen LogP) is 3.16. The molecule has 0 N–H and O–H groups in total. The summed E-state index contributed by atoms with van der Waals surface area (Å²) in [6.45, 7) is 11.2. The molecule has 1 amide bonds. The van der Waals surface area contributed by atoms with Gasteiger partial charge >= 0.3 is 0 Å². The molecule has 5 nitrogen and oxygen atoms in total. The number of rotatable bonds is 4. The Morgan fingerprint density at radius 1 is 1.32 bits per heavy atom. The molecule has 0 aliphatic rings. The smallest absolute Gasteiger partial charge is 0.255 e. The zero-order chi connectivity index (χ0) is 16.3. The third-order valence-electron chi connectivity index (χ3n) is 3.29. The van der Waals surface area contributed by atoms with E-state index in [0.717, 1.165) is 5.82 Å². The van der Waals surface area contributed by atoms with Gasteiger partial charge < -0.3 is 4.90 Å². The Morgan fingerprint density at radius 3 is 2.50 bits per heavy atom. The maximum absolute atomic E-state index is 12.7. The first-order chi connectivity index (χ1) is 10.3. The van der Waals surface area contributed by atoms with Crippen molar-refractivity contribution in [3.8, 4) is 5.82 Å². The predicted molar refractivity (Wildman–Crippen MR) is 87.0 cm³/mol. The second-order valence-electron chi connectivity index (χ2n) is 6.96. The molecule has 2 aromatic rings. The molecule has 0 aliphatic heterocycles. The van der Waals surface area contributed by atoms with Gasteiger partial charge in [-0.05, 0) is 31.4 Å². The van der Waals surface area contributed by atoms with Gasteiger partial charge in [-0.1, -0.05) is 20.8 Å². The standard InChI is InChI=1S/C17H24N4O/c1-13(2)21(11-17(3,4)5)16(22)14-6-7-15(19-10-14)20-9-8-18-12-20/h6-10,12-13H,11H2,1-5H3. The average Bonchev–Trinajstić information content (AvgIpc) is 2.97. The highest BCUT2D eigenvalue weighted by molar-refractivity contribution is 5.94. The first-order valence-corrected chi connectivity index (χ1v) is 7.53. The van der Waals surface area contributed by atoms with Crippen LogP contribution in [0.1, 0.15) is 45.0 Å². The Kier molecular flexibility index (Phi) is 4.64. The van der Waals surface area contributed by atoms with Crippen molar-refractivity contribution in [3.63, 3.8) is 0 Å². The van der Waals surface area contributed by atoms with Gasteiger partial charge in [-0.25, -0.2) is 9.97 Å². The van der Waals surface area contributed by atoms with Gasteiger partial charge in [0, 0.05) is 31.2 Å². The van der Waals surface area contributed by atoms with Crippen LogP contribution < -0.4 is 0 Å². The van der Waals surface area contributed by atoms with Gasteiger partial charge in [-0.2, -0.15) is 0 Å². The Labute approximate surface area is 132 Å². The fourth-order valence-corrected chi connectivity index (χ4v) is 2.23. The highest BCUT2D eigenvalue weighted by Crippen LogP contribution is 2.19. The average molecular weight is 300 g/mol. The summed E-state index contributed by atoms with van der Waals surface area (Å²) in [6, 6.07) is 3.81. The normalized spacial score (nSPS) is 11.7. The van der Waals surface area contributed by atoms with E-state index in [1.54, 1.807) is 18.7 Å². The second kappa shape index (κ2) is 6.30. The van der Waals surface area contributed by atoms with Gasteiger partial charge in [-0.3, -0.25) is 9.36 Å².